The number of sulfonamides is 1. The van der Waals surface area contributed by atoms with E-state index in [9.17, 15) is 13.2 Å². The van der Waals surface area contributed by atoms with Crippen molar-refractivity contribution in [1.29, 1.82) is 0 Å². The molecule has 0 radical (unpaired) electrons. The second kappa shape index (κ2) is 6.23. The molecule has 1 N–H and O–H groups in total. The average molecular weight is 299 g/mol. The topological polar surface area (TPSA) is 83.9 Å². The van der Waals surface area contributed by atoms with Crippen LogP contribution in [0.2, 0.25) is 0 Å². The number of nitrogens with zero attached hydrogens (tertiary/aromatic N) is 1. The van der Waals surface area contributed by atoms with Crippen LogP contribution in [0.3, 0.4) is 0 Å². The van der Waals surface area contributed by atoms with Gasteiger partial charge >= 0.3 is 5.97 Å². The number of rotatable bonds is 6. The summed E-state index contributed by atoms with van der Waals surface area (Å²) in [5.74, 6) is -0.512. The van der Waals surface area contributed by atoms with Crippen LogP contribution in [0.1, 0.15) is 23.2 Å². The van der Waals surface area contributed by atoms with Gasteiger partial charge in [0.25, 0.3) is 0 Å². The van der Waals surface area contributed by atoms with E-state index >= 15 is 0 Å². The Balaban J connectivity index is 1.84. The molecule has 0 aliphatic carbocycles. The lowest BCUT2D eigenvalue weighted by molar-refractivity contribution is 0.0692. The van der Waals surface area contributed by atoms with Gasteiger partial charge < -0.3 is 9.84 Å². The number of benzene rings is 1. The van der Waals surface area contributed by atoms with E-state index in [0.717, 1.165) is 0 Å². The van der Waals surface area contributed by atoms with Gasteiger partial charge in [-0.3, -0.25) is 0 Å². The quantitative estimate of drug-likeness (QED) is 0.798. The minimum atomic E-state index is -3.07. The van der Waals surface area contributed by atoms with Crippen LogP contribution in [0.4, 0.5) is 0 Å². The SMILES string of the molecule is O=C(O)c1ccccc1OCCCN1CCCS1(=O)=O. The van der Waals surface area contributed by atoms with Crippen LogP contribution in [0, 0.1) is 0 Å². The highest BCUT2D eigenvalue weighted by atomic mass is 32.2. The maximum Gasteiger partial charge on any atom is 0.339 e. The van der Waals surface area contributed by atoms with Crippen molar-refractivity contribution in [3.8, 4) is 5.75 Å². The molecule has 0 atom stereocenters. The Bertz CT molecular complexity index is 584. The number of aromatic carboxylic acids is 1. The third kappa shape index (κ3) is 3.49. The highest BCUT2D eigenvalue weighted by molar-refractivity contribution is 7.89. The molecule has 2 rings (SSSR count). The lowest BCUT2D eigenvalue weighted by Gasteiger charge is -2.14. The van der Waals surface area contributed by atoms with Crippen molar-refractivity contribution < 1.29 is 23.1 Å². The van der Waals surface area contributed by atoms with Crippen LogP contribution in [0.15, 0.2) is 24.3 Å². The summed E-state index contributed by atoms with van der Waals surface area (Å²) in [6, 6.07) is 6.40. The number of hydrogen-bond donors (Lipinski definition) is 1. The molecule has 7 heteroatoms. The predicted octanol–water partition coefficient (Wildman–Crippen LogP) is 1.19. The van der Waals surface area contributed by atoms with E-state index in [1.807, 2.05) is 0 Å². The fourth-order valence-corrected chi connectivity index (χ4v) is 3.70. The number of hydrogen-bond acceptors (Lipinski definition) is 4. The van der Waals surface area contributed by atoms with E-state index in [-0.39, 0.29) is 17.9 Å². The zero-order chi connectivity index (χ0) is 14.6. The van der Waals surface area contributed by atoms with Gasteiger partial charge in [0.2, 0.25) is 10.0 Å². The van der Waals surface area contributed by atoms with Crippen LogP contribution in [0.5, 0.6) is 5.75 Å². The Morgan fingerprint density at radius 3 is 2.75 bits per heavy atom. The first kappa shape index (κ1) is 14.8. The molecular formula is C13H17NO5S. The number of carbonyl (C=O) groups is 1. The fourth-order valence-electron chi connectivity index (χ4n) is 2.13. The highest BCUT2D eigenvalue weighted by Crippen LogP contribution is 2.18. The number of para-hydroxylation sites is 1. The van der Waals surface area contributed by atoms with E-state index in [4.69, 9.17) is 9.84 Å². The Morgan fingerprint density at radius 1 is 1.35 bits per heavy atom. The standard InChI is InChI=1S/C13H17NO5S/c15-13(16)11-5-1-2-6-12(11)19-9-3-7-14-8-4-10-20(14,17)18/h1-2,5-6H,3-4,7-10H2,(H,15,16). The average Bonchev–Trinajstić information content (AvgIpc) is 2.74. The molecule has 1 aliphatic heterocycles. The Morgan fingerprint density at radius 2 is 2.10 bits per heavy atom. The molecule has 1 fully saturated rings. The maximum absolute atomic E-state index is 11.6. The zero-order valence-corrected chi connectivity index (χ0v) is 11.8. The van der Waals surface area contributed by atoms with Crippen molar-refractivity contribution in [2.45, 2.75) is 12.8 Å². The summed E-state index contributed by atoms with van der Waals surface area (Å²) in [4.78, 5) is 11.0. The molecule has 1 aliphatic rings. The molecule has 0 aromatic heterocycles. The third-order valence-electron chi connectivity index (χ3n) is 3.13. The minimum Gasteiger partial charge on any atom is -0.493 e. The molecule has 20 heavy (non-hydrogen) atoms. The van der Waals surface area contributed by atoms with Gasteiger partial charge in [-0.1, -0.05) is 12.1 Å². The van der Waals surface area contributed by atoms with Gasteiger partial charge in [-0.15, -0.1) is 0 Å². The second-order valence-electron chi connectivity index (χ2n) is 4.57. The van der Waals surface area contributed by atoms with Gasteiger partial charge in [-0.05, 0) is 25.0 Å². The zero-order valence-electron chi connectivity index (χ0n) is 11.0. The molecule has 0 saturated carbocycles. The summed E-state index contributed by atoms with van der Waals surface area (Å²) in [7, 11) is -3.07. The summed E-state index contributed by atoms with van der Waals surface area (Å²) in [6.07, 6.45) is 1.21. The van der Waals surface area contributed by atoms with Crippen LogP contribution in [-0.2, 0) is 10.0 Å². The number of ether oxygens (including phenoxy) is 1. The van der Waals surface area contributed by atoms with Gasteiger partial charge in [-0.2, -0.15) is 0 Å². The Kier molecular flexibility index (Phi) is 4.61. The van der Waals surface area contributed by atoms with Crippen molar-refractivity contribution in [3.05, 3.63) is 29.8 Å². The third-order valence-corrected chi connectivity index (χ3v) is 5.09. The molecule has 110 valence electrons. The summed E-state index contributed by atoms with van der Waals surface area (Å²) >= 11 is 0. The van der Waals surface area contributed by atoms with Gasteiger partial charge in [0.1, 0.15) is 11.3 Å². The van der Waals surface area contributed by atoms with E-state index in [2.05, 4.69) is 0 Å². The first-order valence-electron chi connectivity index (χ1n) is 6.43. The van der Waals surface area contributed by atoms with Gasteiger partial charge in [0.05, 0.1) is 12.4 Å². The van der Waals surface area contributed by atoms with Crippen molar-refractivity contribution in [2.75, 3.05) is 25.4 Å². The normalized spacial score (nSPS) is 18.0. The van der Waals surface area contributed by atoms with Crippen molar-refractivity contribution in [3.63, 3.8) is 0 Å². The fraction of sp³-hybridized carbons (Fsp3) is 0.462. The predicted molar refractivity (Wildman–Crippen MR) is 73.5 cm³/mol. The molecule has 0 unspecified atom stereocenters. The number of carboxylic acid groups (broad SMARTS) is 1. The van der Waals surface area contributed by atoms with Gasteiger partial charge in [-0.25, -0.2) is 17.5 Å². The van der Waals surface area contributed by atoms with E-state index in [1.54, 1.807) is 18.2 Å². The van der Waals surface area contributed by atoms with E-state index < -0.39 is 16.0 Å². The second-order valence-corrected chi connectivity index (χ2v) is 6.66. The van der Waals surface area contributed by atoms with Crippen molar-refractivity contribution in [2.24, 2.45) is 0 Å². The summed E-state index contributed by atoms with van der Waals surface area (Å²) < 4.78 is 30.0. The molecule has 0 amide bonds. The molecule has 0 bridgehead atoms. The lowest BCUT2D eigenvalue weighted by Crippen LogP contribution is -2.27. The largest absolute Gasteiger partial charge is 0.493 e. The van der Waals surface area contributed by atoms with Gasteiger partial charge in [0.15, 0.2) is 0 Å². The van der Waals surface area contributed by atoms with Crippen LogP contribution in [0.25, 0.3) is 0 Å². The van der Waals surface area contributed by atoms with E-state index in [1.165, 1.54) is 10.4 Å². The highest BCUT2D eigenvalue weighted by Gasteiger charge is 2.27. The van der Waals surface area contributed by atoms with Crippen LogP contribution < -0.4 is 4.74 Å². The molecule has 1 saturated heterocycles. The molecule has 6 nitrogen and oxygen atoms in total. The molecule has 1 aromatic carbocycles. The molecule has 0 spiro atoms. The van der Waals surface area contributed by atoms with Crippen molar-refractivity contribution >= 4 is 16.0 Å². The van der Waals surface area contributed by atoms with E-state index in [0.29, 0.717) is 31.7 Å². The monoisotopic (exact) mass is 299 g/mol. The van der Waals surface area contributed by atoms with Gasteiger partial charge in [0, 0.05) is 13.1 Å². The first-order valence-corrected chi connectivity index (χ1v) is 8.04. The first-order chi connectivity index (χ1) is 9.50. The Hall–Kier alpha value is -1.60. The maximum atomic E-state index is 11.6. The Labute approximate surface area is 118 Å². The molecular weight excluding hydrogens is 282 g/mol. The van der Waals surface area contributed by atoms with Crippen molar-refractivity contribution in [1.82, 2.24) is 4.31 Å². The summed E-state index contributed by atoms with van der Waals surface area (Å²) in [5, 5.41) is 9.00. The summed E-state index contributed by atoms with van der Waals surface area (Å²) in [6.45, 7) is 1.27. The van der Waals surface area contributed by atoms with Crippen LogP contribution >= 0.6 is 0 Å². The summed E-state index contributed by atoms with van der Waals surface area (Å²) in [5.41, 5.74) is 0.112. The smallest absolute Gasteiger partial charge is 0.339 e. The minimum absolute atomic E-state index is 0.112. The molecule has 1 aromatic rings. The lowest BCUT2D eigenvalue weighted by atomic mass is 10.2. The molecule has 1 heterocycles. The number of carboxylic acids is 1. The van der Waals surface area contributed by atoms with Crippen LogP contribution in [-0.4, -0.2) is 49.2 Å².